The molecule has 0 bridgehead atoms. The molecule has 0 fully saturated rings. The molecule has 0 aromatic rings. The van der Waals surface area contributed by atoms with E-state index in [0.29, 0.717) is 13.1 Å². The molecule has 0 saturated heterocycles. The van der Waals surface area contributed by atoms with Crippen molar-refractivity contribution in [1.29, 1.82) is 0 Å². The van der Waals surface area contributed by atoms with Gasteiger partial charge < -0.3 is 19.7 Å². The zero-order chi connectivity index (χ0) is 11.8. The zero-order valence-corrected chi connectivity index (χ0v) is 10.2. The van der Waals surface area contributed by atoms with Crippen LogP contribution in [0, 0.1) is 0 Å². The molecule has 0 rings (SSSR count). The third kappa shape index (κ3) is 4.48. The van der Waals surface area contributed by atoms with Gasteiger partial charge in [0, 0.05) is 27.3 Å². The SMILES string of the molecule is CCN(CC)C(=O)NC(C)C(OC)OC. The van der Waals surface area contributed by atoms with Crippen molar-refractivity contribution in [2.24, 2.45) is 0 Å². The highest BCUT2D eigenvalue weighted by atomic mass is 16.7. The number of amides is 2. The molecule has 0 spiro atoms. The molecule has 0 aliphatic heterocycles. The summed E-state index contributed by atoms with van der Waals surface area (Å²) in [6.07, 6.45) is -0.412. The van der Waals surface area contributed by atoms with Gasteiger partial charge in [-0.2, -0.15) is 0 Å². The van der Waals surface area contributed by atoms with Gasteiger partial charge in [0.15, 0.2) is 6.29 Å². The van der Waals surface area contributed by atoms with E-state index in [4.69, 9.17) is 9.47 Å². The molecular formula is C10H22N2O3. The Balaban J connectivity index is 4.15. The minimum Gasteiger partial charge on any atom is -0.354 e. The molecule has 0 aliphatic carbocycles. The van der Waals surface area contributed by atoms with Crippen LogP contribution in [0.15, 0.2) is 0 Å². The summed E-state index contributed by atoms with van der Waals surface area (Å²) in [4.78, 5) is 13.4. The van der Waals surface area contributed by atoms with Crippen molar-refractivity contribution in [3.8, 4) is 0 Å². The van der Waals surface area contributed by atoms with Gasteiger partial charge >= 0.3 is 6.03 Å². The van der Waals surface area contributed by atoms with Crippen LogP contribution in [0.4, 0.5) is 4.79 Å². The second-order valence-corrected chi connectivity index (χ2v) is 3.25. The van der Waals surface area contributed by atoms with E-state index >= 15 is 0 Å². The molecular weight excluding hydrogens is 196 g/mol. The monoisotopic (exact) mass is 218 g/mol. The Hall–Kier alpha value is -0.810. The number of nitrogens with one attached hydrogen (secondary N) is 1. The molecule has 15 heavy (non-hydrogen) atoms. The molecule has 5 heteroatoms. The number of nitrogens with zero attached hydrogens (tertiary/aromatic N) is 1. The van der Waals surface area contributed by atoms with Crippen LogP contribution in [-0.4, -0.2) is 50.6 Å². The van der Waals surface area contributed by atoms with E-state index in [1.165, 1.54) is 0 Å². The first-order chi connectivity index (χ1) is 7.10. The van der Waals surface area contributed by atoms with Crippen LogP contribution in [-0.2, 0) is 9.47 Å². The Bertz CT molecular complexity index is 180. The van der Waals surface area contributed by atoms with E-state index in [2.05, 4.69) is 5.32 Å². The van der Waals surface area contributed by atoms with Gasteiger partial charge in [0.25, 0.3) is 0 Å². The molecule has 90 valence electrons. The number of ether oxygens (including phenoxy) is 2. The molecule has 1 atom stereocenters. The number of carbonyl (C=O) groups excluding carboxylic acids is 1. The predicted octanol–water partition coefficient (Wildman–Crippen LogP) is 1.05. The number of rotatable bonds is 6. The Morgan fingerprint density at radius 1 is 1.27 bits per heavy atom. The lowest BCUT2D eigenvalue weighted by Crippen LogP contribution is -2.48. The summed E-state index contributed by atoms with van der Waals surface area (Å²) in [5.74, 6) is 0. The molecule has 1 N–H and O–H groups in total. The summed E-state index contributed by atoms with van der Waals surface area (Å²) >= 11 is 0. The van der Waals surface area contributed by atoms with Crippen LogP contribution in [0.3, 0.4) is 0 Å². The van der Waals surface area contributed by atoms with Crippen molar-refractivity contribution >= 4 is 6.03 Å². The van der Waals surface area contributed by atoms with E-state index in [1.54, 1.807) is 19.1 Å². The lowest BCUT2D eigenvalue weighted by molar-refractivity contribution is -0.117. The number of methoxy groups -OCH3 is 2. The number of hydrogen-bond acceptors (Lipinski definition) is 3. The predicted molar refractivity (Wildman–Crippen MR) is 58.7 cm³/mol. The lowest BCUT2D eigenvalue weighted by atomic mass is 10.3. The van der Waals surface area contributed by atoms with E-state index in [0.717, 1.165) is 0 Å². The first-order valence-corrected chi connectivity index (χ1v) is 5.21. The summed E-state index contributed by atoms with van der Waals surface area (Å²) in [6, 6.07) is -0.264. The maximum absolute atomic E-state index is 11.7. The van der Waals surface area contributed by atoms with Crippen LogP contribution in [0.1, 0.15) is 20.8 Å². The smallest absolute Gasteiger partial charge is 0.317 e. The van der Waals surface area contributed by atoms with Gasteiger partial charge in [0.2, 0.25) is 0 Å². The standard InChI is InChI=1S/C10H22N2O3/c1-6-12(7-2)10(13)11-8(3)9(14-4)15-5/h8-9H,6-7H2,1-5H3,(H,11,13). The van der Waals surface area contributed by atoms with Gasteiger partial charge in [-0.1, -0.05) is 0 Å². The fourth-order valence-electron chi connectivity index (χ4n) is 1.37. The van der Waals surface area contributed by atoms with Gasteiger partial charge in [0.05, 0.1) is 6.04 Å². The third-order valence-electron chi connectivity index (χ3n) is 2.27. The summed E-state index contributed by atoms with van der Waals surface area (Å²) in [5, 5.41) is 2.82. The summed E-state index contributed by atoms with van der Waals surface area (Å²) < 4.78 is 10.1. The quantitative estimate of drug-likeness (QED) is 0.678. The molecule has 0 aromatic carbocycles. The minimum absolute atomic E-state index is 0.0911. The topological polar surface area (TPSA) is 50.8 Å². The summed E-state index contributed by atoms with van der Waals surface area (Å²) in [5.41, 5.74) is 0. The molecule has 0 radical (unpaired) electrons. The van der Waals surface area contributed by atoms with Crippen molar-refractivity contribution in [3.05, 3.63) is 0 Å². The normalized spacial score (nSPS) is 12.7. The fourth-order valence-corrected chi connectivity index (χ4v) is 1.37. The Morgan fingerprint density at radius 2 is 1.73 bits per heavy atom. The number of hydrogen-bond donors (Lipinski definition) is 1. The lowest BCUT2D eigenvalue weighted by Gasteiger charge is -2.26. The fraction of sp³-hybridized carbons (Fsp3) is 0.900. The first-order valence-electron chi connectivity index (χ1n) is 5.21. The van der Waals surface area contributed by atoms with Gasteiger partial charge in [-0.3, -0.25) is 0 Å². The van der Waals surface area contributed by atoms with Crippen LogP contribution < -0.4 is 5.32 Å². The zero-order valence-electron chi connectivity index (χ0n) is 10.2. The maximum atomic E-state index is 11.7. The van der Waals surface area contributed by atoms with Gasteiger partial charge in [-0.25, -0.2) is 4.79 Å². The number of urea groups is 1. The van der Waals surface area contributed by atoms with Crippen molar-refractivity contribution in [2.45, 2.75) is 33.1 Å². The second kappa shape index (κ2) is 7.48. The molecule has 0 heterocycles. The largest absolute Gasteiger partial charge is 0.354 e. The highest BCUT2D eigenvalue weighted by molar-refractivity contribution is 5.74. The highest BCUT2D eigenvalue weighted by Crippen LogP contribution is 1.99. The van der Waals surface area contributed by atoms with Crippen molar-refractivity contribution < 1.29 is 14.3 Å². The van der Waals surface area contributed by atoms with Gasteiger partial charge in [-0.05, 0) is 20.8 Å². The van der Waals surface area contributed by atoms with Crippen molar-refractivity contribution in [2.75, 3.05) is 27.3 Å². The van der Waals surface area contributed by atoms with E-state index in [9.17, 15) is 4.79 Å². The average molecular weight is 218 g/mol. The Kier molecular flexibility index (Phi) is 7.07. The van der Waals surface area contributed by atoms with Crippen LogP contribution >= 0.6 is 0 Å². The first kappa shape index (κ1) is 14.2. The minimum atomic E-state index is -0.412. The second-order valence-electron chi connectivity index (χ2n) is 3.25. The maximum Gasteiger partial charge on any atom is 0.317 e. The Morgan fingerprint density at radius 3 is 2.07 bits per heavy atom. The van der Waals surface area contributed by atoms with Crippen LogP contribution in [0.5, 0.6) is 0 Å². The number of carbonyl (C=O) groups is 1. The van der Waals surface area contributed by atoms with E-state index in [-0.39, 0.29) is 12.1 Å². The van der Waals surface area contributed by atoms with Crippen molar-refractivity contribution in [1.82, 2.24) is 10.2 Å². The third-order valence-corrected chi connectivity index (χ3v) is 2.27. The van der Waals surface area contributed by atoms with Crippen LogP contribution in [0.25, 0.3) is 0 Å². The molecule has 0 saturated carbocycles. The molecule has 0 aliphatic rings. The van der Waals surface area contributed by atoms with Crippen molar-refractivity contribution in [3.63, 3.8) is 0 Å². The van der Waals surface area contributed by atoms with E-state index in [1.807, 2.05) is 20.8 Å². The van der Waals surface area contributed by atoms with Crippen LogP contribution in [0.2, 0.25) is 0 Å². The Labute approximate surface area is 91.7 Å². The van der Waals surface area contributed by atoms with Gasteiger partial charge in [-0.15, -0.1) is 0 Å². The average Bonchev–Trinajstić information content (AvgIpc) is 2.21. The molecule has 5 nitrogen and oxygen atoms in total. The molecule has 1 unspecified atom stereocenters. The van der Waals surface area contributed by atoms with Gasteiger partial charge in [0.1, 0.15) is 0 Å². The molecule has 0 aromatic heterocycles. The highest BCUT2D eigenvalue weighted by Gasteiger charge is 2.19. The van der Waals surface area contributed by atoms with E-state index < -0.39 is 6.29 Å². The molecule has 2 amide bonds. The summed E-state index contributed by atoms with van der Waals surface area (Å²) in [6.45, 7) is 7.12. The summed E-state index contributed by atoms with van der Waals surface area (Å²) in [7, 11) is 3.10.